The Balaban J connectivity index is 4.43. The number of rotatable bonds is 9. The first kappa shape index (κ1) is 15.6. The van der Waals surface area contributed by atoms with Crippen molar-refractivity contribution in [2.24, 2.45) is 11.3 Å². The van der Waals surface area contributed by atoms with Gasteiger partial charge in [0.25, 0.3) is 0 Å². The van der Waals surface area contributed by atoms with Gasteiger partial charge in [0.15, 0.2) is 0 Å². The normalized spacial score (nSPS) is 14.1. The molecule has 0 saturated carbocycles. The van der Waals surface area contributed by atoms with Crippen LogP contribution in [0.3, 0.4) is 0 Å². The molecule has 0 amide bonds. The molecule has 1 atom stereocenters. The molecular weight excluding hydrogens is 198 g/mol. The lowest BCUT2D eigenvalue weighted by atomic mass is 9.83. The Bertz CT molecular complexity index is 187. The summed E-state index contributed by atoms with van der Waals surface area (Å²) in [7, 11) is 0. The first-order chi connectivity index (χ1) is 7.57. The molecule has 0 aromatic rings. The van der Waals surface area contributed by atoms with Crippen LogP contribution in [0, 0.1) is 11.3 Å². The van der Waals surface area contributed by atoms with Crippen LogP contribution >= 0.6 is 0 Å². The summed E-state index contributed by atoms with van der Waals surface area (Å²) in [6, 6.07) is 0. The molecule has 96 valence electrons. The Labute approximate surface area is 101 Å². The van der Waals surface area contributed by atoms with Crippen LogP contribution in [0.5, 0.6) is 0 Å². The van der Waals surface area contributed by atoms with E-state index in [-0.39, 0.29) is 5.41 Å². The van der Waals surface area contributed by atoms with Crippen molar-refractivity contribution in [3.63, 3.8) is 0 Å². The lowest BCUT2D eigenvalue weighted by Crippen LogP contribution is -2.40. The van der Waals surface area contributed by atoms with E-state index >= 15 is 0 Å². The summed E-state index contributed by atoms with van der Waals surface area (Å²) in [6.45, 7) is 14.0. The molecule has 0 saturated heterocycles. The van der Waals surface area contributed by atoms with E-state index in [1.165, 1.54) is 12.7 Å². The summed E-state index contributed by atoms with van der Waals surface area (Å²) in [5.74, 6) is 0.720. The van der Waals surface area contributed by atoms with Crippen LogP contribution in [-0.2, 0) is 4.79 Å². The van der Waals surface area contributed by atoms with Gasteiger partial charge in [0.1, 0.15) is 6.29 Å². The first-order valence-electron chi connectivity index (χ1n) is 6.76. The van der Waals surface area contributed by atoms with E-state index in [1.807, 2.05) is 0 Å². The lowest BCUT2D eigenvalue weighted by molar-refractivity contribution is -0.117. The second-order valence-electron chi connectivity index (χ2n) is 5.03. The van der Waals surface area contributed by atoms with Crippen molar-refractivity contribution in [3.05, 3.63) is 0 Å². The molecule has 0 bridgehead atoms. The van der Waals surface area contributed by atoms with Gasteiger partial charge in [-0.1, -0.05) is 41.0 Å². The van der Waals surface area contributed by atoms with E-state index in [0.717, 1.165) is 38.4 Å². The molecule has 2 nitrogen and oxygen atoms in total. The van der Waals surface area contributed by atoms with Crippen molar-refractivity contribution in [1.29, 1.82) is 0 Å². The van der Waals surface area contributed by atoms with Crippen LogP contribution in [0.4, 0.5) is 0 Å². The molecule has 0 aromatic carbocycles. The van der Waals surface area contributed by atoms with Crippen molar-refractivity contribution < 1.29 is 4.79 Å². The van der Waals surface area contributed by atoms with E-state index in [2.05, 4.69) is 39.5 Å². The fourth-order valence-electron chi connectivity index (χ4n) is 2.00. The van der Waals surface area contributed by atoms with E-state index in [1.54, 1.807) is 0 Å². The highest BCUT2D eigenvalue weighted by Gasteiger charge is 2.28. The molecule has 0 heterocycles. The third kappa shape index (κ3) is 4.65. The molecule has 16 heavy (non-hydrogen) atoms. The average molecular weight is 227 g/mol. The number of carbonyl (C=O) groups excluding carboxylic acids is 1. The van der Waals surface area contributed by atoms with Crippen LogP contribution in [0.2, 0.25) is 0 Å². The Morgan fingerprint density at radius 1 is 1.19 bits per heavy atom. The zero-order valence-corrected chi connectivity index (χ0v) is 11.8. The van der Waals surface area contributed by atoms with E-state index in [0.29, 0.717) is 0 Å². The zero-order chi connectivity index (χ0) is 12.6. The van der Waals surface area contributed by atoms with Gasteiger partial charge in [0.2, 0.25) is 0 Å². The van der Waals surface area contributed by atoms with Gasteiger partial charge < -0.3 is 9.69 Å². The largest absolute Gasteiger partial charge is 0.303 e. The Morgan fingerprint density at radius 2 is 1.75 bits per heavy atom. The van der Waals surface area contributed by atoms with Gasteiger partial charge in [-0.2, -0.15) is 0 Å². The summed E-state index contributed by atoms with van der Waals surface area (Å²) in [4.78, 5) is 13.7. The number of hydrogen-bond acceptors (Lipinski definition) is 2. The summed E-state index contributed by atoms with van der Waals surface area (Å²) in [5, 5.41) is 0. The van der Waals surface area contributed by atoms with Crippen LogP contribution in [-0.4, -0.2) is 30.8 Å². The van der Waals surface area contributed by atoms with Crippen molar-refractivity contribution >= 4 is 6.29 Å². The van der Waals surface area contributed by atoms with E-state index in [9.17, 15) is 4.79 Å². The summed E-state index contributed by atoms with van der Waals surface area (Å²) in [6.07, 6.45) is 4.28. The van der Waals surface area contributed by atoms with Crippen molar-refractivity contribution in [3.8, 4) is 0 Å². The van der Waals surface area contributed by atoms with E-state index in [4.69, 9.17) is 0 Å². The van der Waals surface area contributed by atoms with Gasteiger partial charge in [-0.25, -0.2) is 0 Å². The molecule has 1 unspecified atom stereocenters. The van der Waals surface area contributed by atoms with Crippen LogP contribution in [0.25, 0.3) is 0 Å². The third-order valence-corrected chi connectivity index (χ3v) is 3.91. The van der Waals surface area contributed by atoms with Gasteiger partial charge in [0, 0.05) is 18.5 Å². The number of aldehydes is 1. The topological polar surface area (TPSA) is 20.3 Å². The maximum Gasteiger partial charge on any atom is 0.127 e. The smallest absolute Gasteiger partial charge is 0.127 e. The quantitative estimate of drug-likeness (QED) is 0.563. The molecule has 0 aliphatic heterocycles. The highest BCUT2D eigenvalue weighted by atomic mass is 16.1. The van der Waals surface area contributed by atoms with Gasteiger partial charge in [-0.3, -0.25) is 0 Å². The zero-order valence-electron chi connectivity index (χ0n) is 11.8. The Kier molecular flexibility index (Phi) is 7.65. The van der Waals surface area contributed by atoms with Crippen molar-refractivity contribution in [2.75, 3.05) is 19.6 Å². The average Bonchev–Trinajstić information content (AvgIpc) is 2.34. The minimum atomic E-state index is -0.122. The number of nitrogens with zero attached hydrogens (tertiary/aromatic N) is 1. The van der Waals surface area contributed by atoms with Crippen LogP contribution in [0.15, 0.2) is 0 Å². The van der Waals surface area contributed by atoms with Crippen molar-refractivity contribution in [1.82, 2.24) is 4.90 Å². The second-order valence-corrected chi connectivity index (χ2v) is 5.03. The van der Waals surface area contributed by atoms with Gasteiger partial charge >= 0.3 is 0 Å². The molecular formula is C14H29NO. The fourth-order valence-corrected chi connectivity index (χ4v) is 2.00. The molecule has 0 aliphatic carbocycles. The summed E-state index contributed by atoms with van der Waals surface area (Å²) in [5.41, 5.74) is -0.122. The molecule has 0 aliphatic rings. The van der Waals surface area contributed by atoms with Crippen LogP contribution < -0.4 is 0 Å². The number of carbonyl (C=O) groups is 1. The molecule has 0 rings (SSSR count). The molecule has 2 heteroatoms. The second kappa shape index (κ2) is 7.83. The predicted molar refractivity (Wildman–Crippen MR) is 70.6 cm³/mol. The number of hydrogen-bond donors (Lipinski definition) is 0. The van der Waals surface area contributed by atoms with Crippen molar-refractivity contribution in [2.45, 2.75) is 53.9 Å². The highest BCUT2D eigenvalue weighted by Crippen LogP contribution is 2.25. The molecule has 0 fully saturated rings. The SMILES string of the molecule is CCC(C)CN(CC)CC(C=O)(CC)CC. The molecule has 0 spiro atoms. The Morgan fingerprint density at radius 3 is 2.06 bits per heavy atom. The third-order valence-electron chi connectivity index (χ3n) is 3.91. The standard InChI is InChI=1S/C14H29NO/c1-6-13(5)10-15(9-4)11-14(7-2,8-3)12-16/h12-13H,6-11H2,1-5H3. The minimum absolute atomic E-state index is 0.122. The molecule has 0 N–H and O–H groups in total. The summed E-state index contributed by atoms with van der Waals surface area (Å²) >= 11 is 0. The maximum atomic E-state index is 11.3. The lowest BCUT2D eigenvalue weighted by Gasteiger charge is -2.33. The van der Waals surface area contributed by atoms with Gasteiger partial charge in [-0.15, -0.1) is 0 Å². The highest BCUT2D eigenvalue weighted by molar-refractivity contribution is 5.59. The minimum Gasteiger partial charge on any atom is -0.303 e. The molecule has 0 radical (unpaired) electrons. The summed E-state index contributed by atoms with van der Waals surface area (Å²) < 4.78 is 0. The van der Waals surface area contributed by atoms with E-state index < -0.39 is 0 Å². The van der Waals surface area contributed by atoms with Gasteiger partial charge in [0.05, 0.1) is 0 Å². The first-order valence-corrected chi connectivity index (χ1v) is 6.76. The monoisotopic (exact) mass is 227 g/mol. The fraction of sp³-hybridized carbons (Fsp3) is 0.929. The Hall–Kier alpha value is -0.370. The van der Waals surface area contributed by atoms with Gasteiger partial charge in [-0.05, 0) is 25.3 Å². The predicted octanol–water partition coefficient (Wildman–Crippen LogP) is 3.36. The molecule has 0 aromatic heterocycles. The maximum absolute atomic E-state index is 11.3. The van der Waals surface area contributed by atoms with Crippen LogP contribution in [0.1, 0.15) is 53.9 Å².